The summed E-state index contributed by atoms with van der Waals surface area (Å²) >= 11 is 9.35. The number of benzene rings is 1. The van der Waals surface area contributed by atoms with E-state index in [0.717, 1.165) is 11.4 Å². The zero-order valence-corrected chi connectivity index (χ0v) is 12.8. The summed E-state index contributed by atoms with van der Waals surface area (Å²) < 4.78 is 16.5. The standard InChI is InChI=1S/C13H13BrClNO3/c1-17-11-6-12(18-2)10(5-9(11)15)16-7-8-3-4-13(14)19-8/h3-6,16H,7H2,1-2H3. The van der Waals surface area contributed by atoms with Crippen molar-refractivity contribution in [1.82, 2.24) is 0 Å². The summed E-state index contributed by atoms with van der Waals surface area (Å²) in [6, 6.07) is 7.23. The minimum Gasteiger partial charge on any atom is -0.495 e. The van der Waals surface area contributed by atoms with Crippen molar-refractivity contribution in [3.05, 3.63) is 39.7 Å². The highest BCUT2D eigenvalue weighted by molar-refractivity contribution is 9.10. The van der Waals surface area contributed by atoms with E-state index in [0.29, 0.717) is 27.7 Å². The number of hydrogen-bond donors (Lipinski definition) is 1. The van der Waals surface area contributed by atoms with Gasteiger partial charge in [0.15, 0.2) is 4.67 Å². The van der Waals surface area contributed by atoms with Crippen LogP contribution in [0, 0.1) is 0 Å². The van der Waals surface area contributed by atoms with Crippen LogP contribution in [0.25, 0.3) is 0 Å². The Kier molecular flexibility index (Phi) is 4.61. The summed E-state index contributed by atoms with van der Waals surface area (Å²) in [7, 11) is 3.16. The number of ether oxygens (including phenoxy) is 2. The molecule has 0 saturated carbocycles. The highest BCUT2D eigenvalue weighted by atomic mass is 79.9. The molecule has 1 heterocycles. The van der Waals surface area contributed by atoms with Gasteiger partial charge in [-0.05, 0) is 34.1 Å². The molecule has 4 nitrogen and oxygen atoms in total. The average molecular weight is 347 g/mol. The molecule has 0 aliphatic carbocycles. The summed E-state index contributed by atoms with van der Waals surface area (Å²) in [5, 5.41) is 3.73. The normalized spacial score (nSPS) is 10.3. The molecule has 19 heavy (non-hydrogen) atoms. The fourth-order valence-corrected chi connectivity index (χ4v) is 2.21. The maximum atomic E-state index is 6.09. The van der Waals surface area contributed by atoms with E-state index in [1.165, 1.54) is 0 Å². The molecule has 0 spiro atoms. The molecule has 0 aliphatic rings. The quantitative estimate of drug-likeness (QED) is 0.875. The maximum Gasteiger partial charge on any atom is 0.169 e. The van der Waals surface area contributed by atoms with Gasteiger partial charge >= 0.3 is 0 Å². The van der Waals surface area contributed by atoms with Gasteiger partial charge in [-0.3, -0.25) is 0 Å². The molecule has 0 unspecified atom stereocenters. The lowest BCUT2D eigenvalue weighted by Crippen LogP contribution is -2.01. The predicted molar refractivity (Wildman–Crippen MR) is 78.3 cm³/mol. The minimum absolute atomic E-state index is 0.520. The van der Waals surface area contributed by atoms with Crippen molar-refractivity contribution < 1.29 is 13.9 Å². The maximum absolute atomic E-state index is 6.09. The first-order chi connectivity index (χ1) is 9.13. The van der Waals surface area contributed by atoms with Gasteiger partial charge in [0.2, 0.25) is 0 Å². The van der Waals surface area contributed by atoms with Crippen LogP contribution in [0.3, 0.4) is 0 Å². The highest BCUT2D eigenvalue weighted by Crippen LogP contribution is 2.36. The molecule has 6 heteroatoms. The third-order valence-corrected chi connectivity index (χ3v) is 3.28. The van der Waals surface area contributed by atoms with Crippen LogP contribution in [0.1, 0.15) is 5.76 Å². The molecule has 0 saturated heterocycles. The Morgan fingerprint density at radius 2 is 1.95 bits per heavy atom. The van der Waals surface area contributed by atoms with E-state index in [1.54, 1.807) is 26.4 Å². The molecule has 1 aromatic carbocycles. The Morgan fingerprint density at radius 3 is 2.53 bits per heavy atom. The summed E-state index contributed by atoms with van der Waals surface area (Å²) in [6.45, 7) is 0.532. The van der Waals surface area contributed by atoms with Crippen molar-refractivity contribution >= 4 is 33.2 Å². The summed E-state index contributed by atoms with van der Waals surface area (Å²) in [4.78, 5) is 0. The zero-order valence-electron chi connectivity index (χ0n) is 10.5. The van der Waals surface area contributed by atoms with Gasteiger partial charge in [-0.15, -0.1) is 0 Å². The van der Waals surface area contributed by atoms with Crippen LogP contribution in [-0.4, -0.2) is 14.2 Å². The molecule has 0 atom stereocenters. The number of rotatable bonds is 5. The monoisotopic (exact) mass is 345 g/mol. The fourth-order valence-electron chi connectivity index (χ4n) is 1.63. The van der Waals surface area contributed by atoms with E-state index >= 15 is 0 Å². The molecule has 0 aliphatic heterocycles. The lowest BCUT2D eigenvalue weighted by Gasteiger charge is -2.13. The molecule has 0 fully saturated rings. The second-order valence-corrected chi connectivity index (χ2v) is 4.94. The topological polar surface area (TPSA) is 43.6 Å². The van der Waals surface area contributed by atoms with Crippen LogP contribution in [0.15, 0.2) is 33.4 Å². The SMILES string of the molecule is COc1cc(OC)c(NCc2ccc(Br)o2)cc1Cl. The highest BCUT2D eigenvalue weighted by Gasteiger charge is 2.10. The lowest BCUT2D eigenvalue weighted by molar-refractivity contribution is 0.395. The Morgan fingerprint density at radius 1 is 1.21 bits per heavy atom. The molecule has 2 aromatic rings. The summed E-state index contributed by atoms with van der Waals surface area (Å²) in [5.74, 6) is 2.04. The van der Waals surface area contributed by atoms with Crippen molar-refractivity contribution in [3.63, 3.8) is 0 Å². The minimum atomic E-state index is 0.520. The Labute approximate surface area is 124 Å². The number of halogens is 2. The largest absolute Gasteiger partial charge is 0.495 e. The van der Waals surface area contributed by atoms with Gasteiger partial charge in [-0.1, -0.05) is 11.6 Å². The first-order valence-corrected chi connectivity index (χ1v) is 6.70. The van der Waals surface area contributed by atoms with E-state index in [2.05, 4.69) is 21.2 Å². The van der Waals surface area contributed by atoms with Crippen LogP contribution in [-0.2, 0) is 6.54 Å². The summed E-state index contributed by atoms with van der Waals surface area (Å²) in [5.41, 5.74) is 0.779. The molecule has 0 bridgehead atoms. The molecule has 1 aromatic heterocycles. The van der Waals surface area contributed by atoms with E-state index in [-0.39, 0.29) is 0 Å². The van der Waals surface area contributed by atoms with Gasteiger partial charge in [-0.25, -0.2) is 0 Å². The van der Waals surface area contributed by atoms with Gasteiger partial charge in [-0.2, -0.15) is 0 Å². The van der Waals surface area contributed by atoms with E-state index in [1.807, 2.05) is 12.1 Å². The van der Waals surface area contributed by atoms with Gasteiger partial charge in [0, 0.05) is 6.07 Å². The number of furan rings is 1. The Hall–Kier alpha value is -1.33. The van der Waals surface area contributed by atoms with Crippen molar-refractivity contribution in [2.45, 2.75) is 6.54 Å². The second-order valence-electron chi connectivity index (χ2n) is 3.75. The van der Waals surface area contributed by atoms with Gasteiger partial charge in [0.05, 0.1) is 31.5 Å². The molecule has 2 rings (SSSR count). The van der Waals surface area contributed by atoms with Crippen LogP contribution >= 0.6 is 27.5 Å². The first kappa shape index (κ1) is 14.1. The lowest BCUT2D eigenvalue weighted by atomic mass is 10.2. The first-order valence-electron chi connectivity index (χ1n) is 5.53. The molecule has 0 radical (unpaired) electrons. The molecule has 102 valence electrons. The van der Waals surface area contributed by atoms with Crippen LogP contribution < -0.4 is 14.8 Å². The predicted octanol–water partition coefficient (Wildman–Crippen LogP) is 4.32. The second kappa shape index (κ2) is 6.21. The number of nitrogens with one attached hydrogen (secondary N) is 1. The number of hydrogen-bond acceptors (Lipinski definition) is 4. The third kappa shape index (κ3) is 3.36. The molecule has 1 N–H and O–H groups in total. The van der Waals surface area contributed by atoms with Crippen molar-refractivity contribution in [1.29, 1.82) is 0 Å². The zero-order chi connectivity index (χ0) is 13.8. The Bertz CT molecular complexity index is 571. The summed E-state index contributed by atoms with van der Waals surface area (Å²) in [6.07, 6.45) is 0. The molecular formula is C13H13BrClNO3. The van der Waals surface area contributed by atoms with E-state index in [4.69, 9.17) is 25.5 Å². The van der Waals surface area contributed by atoms with E-state index < -0.39 is 0 Å². The number of methoxy groups -OCH3 is 2. The van der Waals surface area contributed by atoms with Crippen LogP contribution in [0.2, 0.25) is 5.02 Å². The van der Waals surface area contributed by atoms with Crippen molar-refractivity contribution in [3.8, 4) is 11.5 Å². The van der Waals surface area contributed by atoms with E-state index in [9.17, 15) is 0 Å². The fraction of sp³-hybridized carbons (Fsp3) is 0.231. The van der Waals surface area contributed by atoms with Gasteiger partial charge < -0.3 is 19.2 Å². The average Bonchev–Trinajstić information content (AvgIpc) is 2.82. The molecular weight excluding hydrogens is 334 g/mol. The number of anilines is 1. The smallest absolute Gasteiger partial charge is 0.169 e. The third-order valence-electron chi connectivity index (χ3n) is 2.56. The van der Waals surface area contributed by atoms with Crippen molar-refractivity contribution in [2.75, 3.05) is 19.5 Å². The van der Waals surface area contributed by atoms with Crippen molar-refractivity contribution in [2.24, 2.45) is 0 Å². The van der Waals surface area contributed by atoms with Crippen LogP contribution in [0.5, 0.6) is 11.5 Å². The Balaban J connectivity index is 2.17. The van der Waals surface area contributed by atoms with Gasteiger partial charge in [0.25, 0.3) is 0 Å². The van der Waals surface area contributed by atoms with Gasteiger partial charge in [0.1, 0.15) is 17.3 Å². The van der Waals surface area contributed by atoms with Crippen LogP contribution in [0.4, 0.5) is 5.69 Å². The molecule has 0 amide bonds.